The van der Waals surface area contributed by atoms with Crippen molar-refractivity contribution in [2.75, 3.05) is 0 Å². The molecule has 0 aromatic heterocycles. The Morgan fingerprint density at radius 1 is 0.875 bits per heavy atom. The van der Waals surface area contributed by atoms with E-state index < -0.39 is 0 Å². The van der Waals surface area contributed by atoms with Crippen LogP contribution in [0, 0.1) is 34.6 Å². The number of rotatable bonds is 0. The van der Waals surface area contributed by atoms with E-state index >= 15 is 0 Å². The van der Waals surface area contributed by atoms with Crippen molar-refractivity contribution in [1.82, 2.24) is 0 Å². The largest absolute Gasteiger partial charge is 2.00 e. The average molecular weight is 259 g/mol. The van der Waals surface area contributed by atoms with Crippen LogP contribution in [-0.2, 0) is 16.8 Å². The van der Waals surface area contributed by atoms with E-state index in [0.717, 1.165) is 0 Å². The van der Waals surface area contributed by atoms with Gasteiger partial charge >= 0.3 is 16.8 Å². The van der Waals surface area contributed by atoms with Gasteiger partial charge in [0.05, 0.1) is 0 Å². The molecule has 2 aromatic carbocycles. The van der Waals surface area contributed by atoms with Crippen LogP contribution in [0.5, 0.6) is 0 Å². The summed E-state index contributed by atoms with van der Waals surface area (Å²) in [4.78, 5) is 0. The average Bonchev–Trinajstić information content (AvgIpc) is 2.86. The Morgan fingerprint density at radius 2 is 1.25 bits per heavy atom. The zero-order valence-corrected chi connectivity index (χ0v) is 11.8. The van der Waals surface area contributed by atoms with E-state index in [1.54, 1.807) is 0 Å². The first-order chi connectivity index (χ1) is 7.05. The summed E-state index contributed by atoms with van der Waals surface area (Å²) >= 11 is 0. The molecule has 0 aliphatic heterocycles. The molecule has 2 aromatic rings. The molecule has 0 amide bonds. The predicted octanol–water partition coefficient (Wildman–Crippen LogP) is 4.35. The monoisotopic (exact) mass is 259 g/mol. The Labute approximate surface area is 110 Å². The van der Waals surface area contributed by atoms with Crippen molar-refractivity contribution < 1.29 is 16.8 Å². The molecule has 0 spiro atoms. The molecule has 16 heavy (non-hydrogen) atoms. The van der Waals surface area contributed by atoms with Gasteiger partial charge in [-0.05, 0) is 0 Å². The minimum Gasteiger partial charge on any atom is -0.214 e. The summed E-state index contributed by atoms with van der Waals surface area (Å²) in [6.45, 7) is 11.0. The standard InChI is InChI=1S/C10H15.C5H5.Co/c1-6-7(2)9(4)10(5)8(6)3;1-2-4-5-3-1;/h1-5H3;1-5H;/q2*-1;+2. The van der Waals surface area contributed by atoms with Crippen LogP contribution in [0.15, 0.2) is 30.3 Å². The molecule has 0 unspecified atom stereocenters. The Bertz CT molecular complexity index is 308. The molecule has 2 rings (SSSR count). The van der Waals surface area contributed by atoms with Crippen LogP contribution < -0.4 is 0 Å². The number of hydrogen-bond donors (Lipinski definition) is 0. The Balaban J connectivity index is 0.000000318. The molecule has 1 radical (unpaired) electrons. The maximum absolute atomic E-state index is 2.20. The number of hydrogen-bond acceptors (Lipinski definition) is 0. The topological polar surface area (TPSA) is 0 Å². The van der Waals surface area contributed by atoms with Crippen LogP contribution in [0.2, 0.25) is 0 Å². The maximum atomic E-state index is 2.20. The van der Waals surface area contributed by atoms with Crippen molar-refractivity contribution >= 4 is 0 Å². The van der Waals surface area contributed by atoms with Gasteiger partial charge < -0.3 is 0 Å². The molecule has 0 fully saturated rings. The molecular weight excluding hydrogens is 239 g/mol. The van der Waals surface area contributed by atoms with Crippen LogP contribution in [0.1, 0.15) is 27.8 Å². The van der Waals surface area contributed by atoms with E-state index in [9.17, 15) is 0 Å². The summed E-state index contributed by atoms with van der Waals surface area (Å²) in [5.41, 5.74) is 7.34. The maximum Gasteiger partial charge on any atom is 2.00 e. The summed E-state index contributed by atoms with van der Waals surface area (Å²) in [6, 6.07) is 10.0. The summed E-state index contributed by atoms with van der Waals surface area (Å²) < 4.78 is 0. The molecule has 0 heterocycles. The molecule has 0 atom stereocenters. The van der Waals surface area contributed by atoms with E-state index in [1.165, 1.54) is 27.8 Å². The van der Waals surface area contributed by atoms with Gasteiger partial charge in [0, 0.05) is 0 Å². The third-order valence-corrected chi connectivity index (χ3v) is 3.37. The van der Waals surface area contributed by atoms with Gasteiger partial charge in [0.15, 0.2) is 0 Å². The molecule has 0 N–H and O–H groups in total. The minimum absolute atomic E-state index is 0. The first-order valence-corrected chi connectivity index (χ1v) is 5.42. The van der Waals surface area contributed by atoms with Crippen molar-refractivity contribution in [3.05, 3.63) is 58.1 Å². The minimum atomic E-state index is 0. The summed E-state index contributed by atoms with van der Waals surface area (Å²) in [5.74, 6) is 0. The zero-order valence-electron chi connectivity index (χ0n) is 10.7. The van der Waals surface area contributed by atoms with E-state index in [2.05, 4.69) is 34.6 Å². The second-order valence-electron chi connectivity index (χ2n) is 4.09. The molecule has 0 nitrogen and oxygen atoms in total. The molecular formula is C15H20Co. The summed E-state index contributed by atoms with van der Waals surface area (Å²) in [5, 5.41) is 0. The van der Waals surface area contributed by atoms with Crippen LogP contribution in [0.3, 0.4) is 0 Å². The Morgan fingerprint density at radius 3 is 1.38 bits per heavy atom. The fourth-order valence-electron chi connectivity index (χ4n) is 1.73. The van der Waals surface area contributed by atoms with Crippen molar-refractivity contribution in [3.8, 4) is 0 Å². The molecule has 0 saturated heterocycles. The van der Waals surface area contributed by atoms with E-state index in [1.807, 2.05) is 30.3 Å². The predicted molar refractivity (Wildman–Crippen MR) is 67.8 cm³/mol. The molecule has 0 aliphatic rings. The van der Waals surface area contributed by atoms with Crippen molar-refractivity contribution in [2.24, 2.45) is 0 Å². The fourth-order valence-corrected chi connectivity index (χ4v) is 1.73. The smallest absolute Gasteiger partial charge is 0.214 e. The molecule has 0 bridgehead atoms. The van der Waals surface area contributed by atoms with Gasteiger partial charge in [0.2, 0.25) is 0 Å². The Hall–Kier alpha value is -0.794. The van der Waals surface area contributed by atoms with Crippen molar-refractivity contribution in [2.45, 2.75) is 34.6 Å². The van der Waals surface area contributed by atoms with Crippen LogP contribution in [0.25, 0.3) is 0 Å². The van der Waals surface area contributed by atoms with Gasteiger partial charge in [-0.15, -0.1) is 0 Å². The molecule has 0 aliphatic carbocycles. The fraction of sp³-hybridized carbons (Fsp3) is 0.333. The van der Waals surface area contributed by atoms with Crippen LogP contribution in [-0.4, -0.2) is 0 Å². The van der Waals surface area contributed by atoms with Gasteiger partial charge in [-0.3, -0.25) is 0 Å². The van der Waals surface area contributed by atoms with E-state index in [4.69, 9.17) is 0 Å². The quantitative estimate of drug-likeness (QED) is 0.617. The second-order valence-corrected chi connectivity index (χ2v) is 4.09. The van der Waals surface area contributed by atoms with Crippen molar-refractivity contribution in [1.29, 1.82) is 0 Å². The molecule has 0 saturated carbocycles. The zero-order chi connectivity index (χ0) is 11.4. The van der Waals surface area contributed by atoms with Gasteiger partial charge in [-0.25, -0.2) is 12.1 Å². The normalized spacial score (nSPS) is 9.06. The van der Waals surface area contributed by atoms with E-state index in [-0.39, 0.29) is 16.8 Å². The van der Waals surface area contributed by atoms with Gasteiger partial charge in [0.25, 0.3) is 0 Å². The third kappa shape index (κ3) is 3.36. The summed E-state index contributed by atoms with van der Waals surface area (Å²) in [7, 11) is 0. The summed E-state index contributed by atoms with van der Waals surface area (Å²) in [6.07, 6.45) is 0. The van der Waals surface area contributed by atoms with E-state index in [0.29, 0.717) is 0 Å². The van der Waals surface area contributed by atoms with Gasteiger partial charge in [-0.1, -0.05) is 34.6 Å². The van der Waals surface area contributed by atoms with Gasteiger partial charge in [-0.2, -0.15) is 46.0 Å². The SMILES string of the molecule is Cc1c(C)c(C)[c-](C)c1C.[Co+2].c1cc[cH-]c1. The first kappa shape index (κ1) is 15.2. The second kappa shape index (κ2) is 6.72. The molecule has 89 valence electrons. The molecule has 1 heteroatoms. The Kier molecular flexibility index (Phi) is 6.38. The first-order valence-electron chi connectivity index (χ1n) is 5.42. The third-order valence-electron chi connectivity index (χ3n) is 3.37. The van der Waals surface area contributed by atoms with Crippen LogP contribution in [0.4, 0.5) is 0 Å². The van der Waals surface area contributed by atoms with Crippen LogP contribution >= 0.6 is 0 Å². The van der Waals surface area contributed by atoms with Gasteiger partial charge in [0.1, 0.15) is 0 Å². The van der Waals surface area contributed by atoms with Crippen molar-refractivity contribution in [3.63, 3.8) is 0 Å².